The molecule has 192 valence electrons. The highest BCUT2D eigenvalue weighted by Gasteiger charge is 2.29. The van der Waals surface area contributed by atoms with Gasteiger partial charge in [0.15, 0.2) is 0 Å². The Balaban J connectivity index is 1.52. The van der Waals surface area contributed by atoms with Gasteiger partial charge in [-0.2, -0.15) is 4.31 Å². The Morgan fingerprint density at radius 2 is 1.83 bits per heavy atom. The van der Waals surface area contributed by atoms with Crippen LogP contribution in [0, 0.1) is 11.7 Å². The number of nitrogens with zero attached hydrogens (tertiary/aromatic N) is 1. The number of hydrogen-bond donors (Lipinski definition) is 3. The van der Waals surface area contributed by atoms with Crippen molar-refractivity contribution in [1.82, 2.24) is 9.62 Å². The lowest BCUT2D eigenvalue weighted by atomic mass is 9.88. The molecule has 0 heterocycles. The van der Waals surface area contributed by atoms with Gasteiger partial charge in [0, 0.05) is 32.1 Å². The number of β-amino-alcohol motifs (C(OH)–C–C–N with tert-alkyl or cyclic N) is 1. The first-order valence-electron chi connectivity index (χ1n) is 11.8. The highest BCUT2D eigenvalue weighted by Crippen LogP contribution is 2.31. The van der Waals surface area contributed by atoms with Crippen LogP contribution in [0.15, 0.2) is 47.4 Å². The van der Waals surface area contributed by atoms with Crippen molar-refractivity contribution in [3.63, 3.8) is 0 Å². The minimum Gasteiger partial charge on any atom is -0.481 e. The summed E-state index contributed by atoms with van der Waals surface area (Å²) in [5.41, 5.74) is 2.70. The molecular weight excluding hydrogens is 471 g/mol. The van der Waals surface area contributed by atoms with Gasteiger partial charge in [-0.05, 0) is 74.3 Å². The highest BCUT2D eigenvalue weighted by atomic mass is 32.2. The molecule has 7 nitrogen and oxygen atoms in total. The second-order valence-electron chi connectivity index (χ2n) is 10.1. The first-order chi connectivity index (χ1) is 16.4. The summed E-state index contributed by atoms with van der Waals surface area (Å²) in [6, 6.07) is 11.9. The van der Waals surface area contributed by atoms with E-state index < -0.39 is 27.9 Å². The summed E-state index contributed by atoms with van der Waals surface area (Å²) in [5, 5.41) is 22.6. The normalized spacial score (nSPS) is 15.4. The summed E-state index contributed by atoms with van der Waals surface area (Å²) in [4.78, 5) is 10.5. The number of hydrogen-bond acceptors (Lipinski definition) is 5. The number of benzene rings is 2. The molecule has 1 unspecified atom stereocenters. The number of sulfonamides is 1. The lowest BCUT2D eigenvalue weighted by Crippen LogP contribution is -2.47. The number of nitrogens with one attached hydrogen (secondary N) is 1. The molecule has 0 saturated carbocycles. The van der Waals surface area contributed by atoms with E-state index >= 15 is 0 Å². The fourth-order valence-corrected chi connectivity index (χ4v) is 5.98. The smallest absolute Gasteiger partial charge is 0.303 e. The van der Waals surface area contributed by atoms with Crippen LogP contribution in [0.5, 0.6) is 0 Å². The molecule has 0 aliphatic heterocycles. The van der Waals surface area contributed by atoms with Gasteiger partial charge in [-0.1, -0.05) is 30.3 Å². The maximum atomic E-state index is 14.3. The Morgan fingerprint density at radius 3 is 2.40 bits per heavy atom. The average molecular weight is 507 g/mol. The van der Waals surface area contributed by atoms with Crippen molar-refractivity contribution in [3.8, 4) is 0 Å². The molecule has 0 bridgehead atoms. The van der Waals surface area contributed by atoms with Gasteiger partial charge in [0.25, 0.3) is 0 Å². The van der Waals surface area contributed by atoms with E-state index in [4.69, 9.17) is 5.11 Å². The molecule has 0 radical (unpaired) electrons. The second-order valence-corrected chi connectivity index (χ2v) is 12.1. The molecule has 9 heteroatoms. The molecule has 1 atom stereocenters. The third-order valence-electron chi connectivity index (χ3n) is 6.56. The van der Waals surface area contributed by atoms with E-state index in [-0.39, 0.29) is 41.9 Å². The zero-order valence-electron chi connectivity index (χ0n) is 20.5. The number of carboxylic acid groups (broad SMARTS) is 1. The minimum atomic E-state index is -4.02. The van der Waals surface area contributed by atoms with Gasteiger partial charge in [-0.3, -0.25) is 4.79 Å². The van der Waals surface area contributed by atoms with Crippen LogP contribution in [0.2, 0.25) is 0 Å². The molecule has 2 aromatic carbocycles. The molecule has 1 aliphatic rings. The molecule has 0 fully saturated rings. The van der Waals surface area contributed by atoms with E-state index in [1.807, 2.05) is 0 Å². The number of carbonyl (C=O) groups is 1. The van der Waals surface area contributed by atoms with Crippen LogP contribution in [0.25, 0.3) is 0 Å². The van der Waals surface area contributed by atoms with E-state index in [0.717, 1.165) is 29.6 Å². The summed E-state index contributed by atoms with van der Waals surface area (Å²) in [6.07, 6.45) is 1.79. The van der Waals surface area contributed by atoms with Crippen molar-refractivity contribution < 1.29 is 27.8 Å². The molecule has 0 amide bonds. The molecular formula is C26H35FN2O5S. The standard InChI is InChI=1S/C26H35FN2O5S/c1-26(2,15-18-12-20-6-4-5-7-21(20)13-18)28-16-22(30)17-29(3)35(33,34)23-10-8-19(24(27)14-23)9-11-25(31)32/h4-8,10,14,18,22,28,30H,9,11-13,15-17H2,1-3H3,(H,31,32). The van der Waals surface area contributed by atoms with Crippen molar-refractivity contribution in [2.75, 3.05) is 20.1 Å². The fourth-order valence-electron chi connectivity index (χ4n) is 4.75. The van der Waals surface area contributed by atoms with Crippen molar-refractivity contribution in [3.05, 3.63) is 65.0 Å². The van der Waals surface area contributed by atoms with Gasteiger partial charge < -0.3 is 15.5 Å². The number of likely N-dealkylation sites (N-methyl/N-ethyl adjacent to an activating group) is 1. The van der Waals surface area contributed by atoms with Gasteiger partial charge in [-0.25, -0.2) is 12.8 Å². The van der Waals surface area contributed by atoms with Gasteiger partial charge in [0.2, 0.25) is 10.0 Å². The van der Waals surface area contributed by atoms with E-state index in [1.54, 1.807) is 0 Å². The van der Waals surface area contributed by atoms with E-state index in [9.17, 15) is 22.7 Å². The molecule has 0 aromatic heterocycles. The molecule has 2 aromatic rings. The van der Waals surface area contributed by atoms with E-state index in [0.29, 0.717) is 5.92 Å². The molecule has 3 rings (SSSR count). The van der Waals surface area contributed by atoms with Crippen LogP contribution in [0.4, 0.5) is 4.39 Å². The summed E-state index contributed by atoms with van der Waals surface area (Å²) >= 11 is 0. The maximum Gasteiger partial charge on any atom is 0.303 e. The number of fused-ring (bicyclic) bond motifs is 1. The largest absolute Gasteiger partial charge is 0.481 e. The van der Waals surface area contributed by atoms with Crippen LogP contribution in [-0.2, 0) is 34.1 Å². The van der Waals surface area contributed by atoms with Crippen molar-refractivity contribution >= 4 is 16.0 Å². The fraction of sp³-hybridized carbons (Fsp3) is 0.500. The molecule has 0 saturated heterocycles. The Bertz CT molecular complexity index is 1130. The van der Waals surface area contributed by atoms with Crippen molar-refractivity contribution in [1.29, 1.82) is 0 Å². The monoisotopic (exact) mass is 506 g/mol. The van der Waals surface area contributed by atoms with Crippen molar-refractivity contribution in [2.24, 2.45) is 5.92 Å². The number of rotatable bonds is 12. The van der Waals surface area contributed by atoms with Gasteiger partial charge in [0.1, 0.15) is 5.82 Å². The lowest BCUT2D eigenvalue weighted by molar-refractivity contribution is -0.136. The van der Waals surface area contributed by atoms with Gasteiger partial charge >= 0.3 is 5.97 Å². The first kappa shape index (κ1) is 27.3. The van der Waals surface area contributed by atoms with Crippen molar-refractivity contribution in [2.45, 2.75) is 62.5 Å². The predicted molar refractivity (Wildman–Crippen MR) is 132 cm³/mol. The number of aliphatic hydroxyl groups is 1. The van der Waals surface area contributed by atoms with E-state index in [2.05, 4.69) is 43.4 Å². The zero-order chi connectivity index (χ0) is 25.8. The Kier molecular flexibility index (Phi) is 8.69. The topological polar surface area (TPSA) is 107 Å². The van der Waals surface area contributed by atoms with E-state index in [1.165, 1.54) is 30.3 Å². The van der Waals surface area contributed by atoms with Crippen LogP contribution in [-0.4, -0.2) is 60.7 Å². The minimum absolute atomic E-state index is 0.0234. The molecule has 0 spiro atoms. The maximum absolute atomic E-state index is 14.3. The predicted octanol–water partition coefficient (Wildman–Crippen LogP) is 3.00. The van der Waals surface area contributed by atoms with Crippen LogP contribution < -0.4 is 5.32 Å². The van der Waals surface area contributed by atoms with Gasteiger partial charge in [0.05, 0.1) is 11.0 Å². The quantitative estimate of drug-likeness (QED) is 0.409. The Morgan fingerprint density at radius 1 is 1.20 bits per heavy atom. The second kappa shape index (κ2) is 11.2. The number of carboxylic acids is 1. The van der Waals surface area contributed by atoms with Crippen LogP contribution >= 0.6 is 0 Å². The third-order valence-corrected chi connectivity index (χ3v) is 8.38. The summed E-state index contributed by atoms with van der Waals surface area (Å²) in [6.45, 7) is 4.23. The van der Waals surface area contributed by atoms with Crippen LogP contribution in [0.1, 0.15) is 43.4 Å². The number of aliphatic hydroxyl groups excluding tert-OH is 1. The lowest BCUT2D eigenvalue weighted by Gasteiger charge is -2.31. The summed E-state index contributed by atoms with van der Waals surface area (Å²) < 4.78 is 41.1. The van der Waals surface area contributed by atoms with Gasteiger partial charge in [-0.15, -0.1) is 0 Å². The molecule has 3 N–H and O–H groups in total. The average Bonchev–Trinajstić information content (AvgIpc) is 3.18. The first-order valence-corrected chi connectivity index (χ1v) is 13.3. The number of halogens is 1. The van der Waals surface area contributed by atoms with Crippen LogP contribution in [0.3, 0.4) is 0 Å². The molecule has 1 aliphatic carbocycles. The third kappa shape index (κ3) is 7.33. The Hall–Kier alpha value is -2.33. The molecule has 35 heavy (non-hydrogen) atoms. The number of aliphatic carboxylic acids is 1. The zero-order valence-corrected chi connectivity index (χ0v) is 21.3. The number of aryl methyl sites for hydroxylation is 1. The summed E-state index contributed by atoms with van der Waals surface area (Å²) in [7, 11) is -2.68. The summed E-state index contributed by atoms with van der Waals surface area (Å²) in [5.74, 6) is -1.30. The Labute approximate surface area is 207 Å². The highest BCUT2D eigenvalue weighted by molar-refractivity contribution is 7.89. The SMILES string of the molecule is CN(CC(O)CNC(C)(C)CC1Cc2ccccc2C1)S(=O)(=O)c1ccc(CCC(=O)O)c(F)c1.